The average molecular weight is 371 g/mol. The molecule has 0 aliphatic rings. The summed E-state index contributed by atoms with van der Waals surface area (Å²) in [4.78, 5) is 25.2. The van der Waals surface area contributed by atoms with Crippen LogP contribution in [0.4, 0.5) is 4.39 Å². The monoisotopic (exact) mass is 371 g/mol. The van der Waals surface area contributed by atoms with E-state index in [-0.39, 0.29) is 17.6 Å². The van der Waals surface area contributed by atoms with E-state index in [4.69, 9.17) is 0 Å². The second-order valence-electron chi connectivity index (χ2n) is 6.43. The molecule has 7 heteroatoms. The molecule has 5 aromatic rings. The third kappa shape index (κ3) is 2.64. The van der Waals surface area contributed by atoms with Gasteiger partial charge < -0.3 is 0 Å². The second-order valence-corrected chi connectivity index (χ2v) is 6.43. The summed E-state index contributed by atoms with van der Waals surface area (Å²) in [6, 6.07) is 14.1. The fourth-order valence-electron chi connectivity index (χ4n) is 3.26. The van der Waals surface area contributed by atoms with Crippen LogP contribution in [0, 0.1) is 5.82 Å². The molecular weight excluding hydrogens is 357 g/mol. The van der Waals surface area contributed by atoms with Gasteiger partial charge in [-0.25, -0.2) is 19.3 Å². The number of rotatable bonds is 3. The zero-order valence-electron chi connectivity index (χ0n) is 14.7. The Kier molecular flexibility index (Phi) is 3.72. The molecule has 5 rings (SSSR count). The van der Waals surface area contributed by atoms with Crippen LogP contribution in [0.2, 0.25) is 0 Å². The quantitative estimate of drug-likeness (QED) is 0.488. The van der Waals surface area contributed by atoms with Gasteiger partial charge >= 0.3 is 0 Å². The molecule has 0 unspecified atom stereocenters. The molecule has 0 N–H and O–H groups in total. The van der Waals surface area contributed by atoms with Gasteiger partial charge in [0.15, 0.2) is 5.52 Å². The van der Waals surface area contributed by atoms with Gasteiger partial charge in [0.25, 0.3) is 5.56 Å². The summed E-state index contributed by atoms with van der Waals surface area (Å²) >= 11 is 0. The van der Waals surface area contributed by atoms with E-state index in [1.165, 1.54) is 17.0 Å². The molecule has 0 bridgehead atoms. The summed E-state index contributed by atoms with van der Waals surface area (Å²) < 4.78 is 18.1. The number of nitrogens with zero attached hydrogens (tertiary/aromatic N) is 5. The maximum Gasteiger partial charge on any atom is 0.280 e. The first kappa shape index (κ1) is 16.3. The number of fused-ring (bicyclic) bond motifs is 2. The lowest BCUT2D eigenvalue weighted by molar-refractivity contribution is 0.595. The number of aromatic nitrogens is 5. The first-order chi connectivity index (χ1) is 13.7. The van der Waals surface area contributed by atoms with Crippen molar-refractivity contribution in [3.63, 3.8) is 0 Å². The van der Waals surface area contributed by atoms with E-state index in [1.807, 2.05) is 34.9 Å². The second kappa shape index (κ2) is 6.38. The highest BCUT2D eigenvalue weighted by atomic mass is 19.1. The van der Waals surface area contributed by atoms with E-state index in [0.29, 0.717) is 16.6 Å². The normalized spacial score (nSPS) is 11.3. The molecular formula is C21H14FN5O. The number of imidazole rings is 1. The first-order valence-corrected chi connectivity index (χ1v) is 8.72. The summed E-state index contributed by atoms with van der Waals surface area (Å²) in [5.74, 6) is -0.392. The first-order valence-electron chi connectivity index (χ1n) is 8.72. The Morgan fingerprint density at radius 2 is 1.93 bits per heavy atom. The summed E-state index contributed by atoms with van der Waals surface area (Å²) in [5.41, 5.74) is 3.20. The zero-order valence-corrected chi connectivity index (χ0v) is 14.7. The Labute approximate surface area is 158 Å². The van der Waals surface area contributed by atoms with Gasteiger partial charge in [-0.3, -0.25) is 13.8 Å². The van der Waals surface area contributed by atoms with Crippen LogP contribution >= 0.6 is 0 Å². The number of hydrogen-bond acceptors (Lipinski definition) is 4. The Morgan fingerprint density at radius 1 is 1.00 bits per heavy atom. The predicted octanol–water partition coefficient (Wildman–Crippen LogP) is 3.29. The minimum atomic E-state index is -0.392. The van der Waals surface area contributed by atoms with E-state index in [1.54, 1.807) is 30.6 Å². The van der Waals surface area contributed by atoms with Crippen molar-refractivity contribution < 1.29 is 4.39 Å². The molecule has 4 heterocycles. The molecule has 0 fully saturated rings. The molecule has 0 aliphatic carbocycles. The summed E-state index contributed by atoms with van der Waals surface area (Å²) in [5, 5.41) is 0. The van der Waals surface area contributed by atoms with Gasteiger partial charge in [-0.1, -0.05) is 18.2 Å². The molecule has 28 heavy (non-hydrogen) atoms. The van der Waals surface area contributed by atoms with Crippen molar-refractivity contribution in [3.8, 4) is 11.3 Å². The number of benzene rings is 1. The molecule has 0 saturated carbocycles. The smallest absolute Gasteiger partial charge is 0.280 e. The molecule has 0 spiro atoms. The summed E-state index contributed by atoms with van der Waals surface area (Å²) in [7, 11) is 0. The van der Waals surface area contributed by atoms with Crippen molar-refractivity contribution in [2.45, 2.75) is 6.54 Å². The predicted molar refractivity (Wildman–Crippen MR) is 103 cm³/mol. The lowest BCUT2D eigenvalue weighted by Crippen LogP contribution is -2.22. The van der Waals surface area contributed by atoms with Gasteiger partial charge in [0.05, 0.1) is 30.3 Å². The van der Waals surface area contributed by atoms with Gasteiger partial charge in [-0.05, 0) is 30.3 Å². The Morgan fingerprint density at radius 3 is 2.82 bits per heavy atom. The van der Waals surface area contributed by atoms with Crippen LogP contribution in [0.5, 0.6) is 0 Å². The number of pyridine rings is 2. The van der Waals surface area contributed by atoms with Crippen molar-refractivity contribution in [3.05, 3.63) is 95.2 Å². The SMILES string of the molecule is O=c1c2ncccc2ncn1Cc1ccc(-c2cnc3ccccn23)cc1F. The van der Waals surface area contributed by atoms with Crippen molar-refractivity contribution in [1.82, 2.24) is 23.9 Å². The number of hydrogen-bond donors (Lipinski definition) is 0. The van der Waals surface area contributed by atoms with Crippen LogP contribution in [-0.4, -0.2) is 23.9 Å². The third-order valence-corrected chi connectivity index (χ3v) is 4.69. The maximum absolute atomic E-state index is 14.8. The van der Waals surface area contributed by atoms with Crippen molar-refractivity contribution in [2.24, 2.45) is 0 Å². The van der Waals surface area contributed by atoms with Gasteiger partial charge in [-0.2, -0.15) is 0 Å². The highest BCUT2D eigenvalue weighted by Crippen LogP contribution is 2.23. The van der Waals surface area contributed by atoms with Gasteiger partial charge in [0.2, 0.25) is 0 Å². The molecule has 6 nitrogen and oxygen atoms in total. The molecule has 1 aromatic carbocycles. The van der Waals surface area contributed by atoms with Crippen LogP contribution in [0.1, 0.15) is 5.56 Å². The van der Waals surface area contributed by atoms with Crippen LogP contribution < -0.4 is 5.56 Å². The lowest BCUT2D eigenvalue weighted by atomic mass is 10.1. The molecule has 4 aromatic heterocycles. The third-order valence-electron chi connectivity index (χ3n) is 4.69. The van der Waals surface area contributed by atoms with Gasteiger partial charge in [0.1, 0.15) is 11.5 Å². The van der Waals surface area contributed by atoms with Crippen LogP contribution in [0.3, 0.4) is 0 Å². The standard InChI is InChI=1S/C21H14FN5O/c22-16-10-14(18-11-24-19-5-1-2-9-27(18)19)6-7-15(16)12-26-13-25-17-4-3-8-23-20(17)21(26)28/h1-11,13H,12H2. The lowest BCUT2D eigenvalue weighted by Gasteiger charge is -2.09. The van der Waals surface area contributed by atoms with Crippen LogP contribution in [-0.2, 0) is 6.54 Å². The molecule has 0 aliphatic heterocycles. The van der Waals surface area contributed by atoms with E-state index in [9.17, 15) is 9.18 Å². The van der Waals surface area contributed by atoms with Crippen molar-refractivity contribution in [2.75, 3.05) is 0 Å². The van der Waals surface area contributed by atoms with E-state index >= 15 is 0 Å². The number of halogens is 1. The highest BCUT2D eigenvalue weighted by Gasteiger charge is 2.11. The molecule has 0 radical (unpaired) electrons. The summed E-state index contributed by atoms with van der Waals surface area (Å²) in [6.07, 6.45) is 6.56. The molecule has 0 amide bonds. The van der Waals surface area contributed by atoms with E-state index in [2.05, 4.69) is 15.0 Å². The molecule has 0 saturated heterocycles. The fraction of sp³-hybridized carbons (Fsp3) is 0.0476. The topological polar surface area (TPSA) is 65.1 Å². The molecule has 136 valence electrons. The fourth-order valence-corrected chi connectivity index (χ4v) is 3.26. The average Bonchev–Trinajstić information content (AvgIpc) is 3.16. The van der Waals surface area contributed by atoms with Crippen molar-refractivity contribution >= 4 is 16.7 Å². The van der Waals surface area contributed by atoms with Gasteiger partial charge in [-0.15, -0.1) is 0 Å². The van der Waals surface area contributed by atoms with E-state index in [0.717, 1.165) is 11.3 Å². The molecule has 0 atom stereocenters. The van der Waals surface area contributed by atoms with Crippen LogP contribution in [0.25, 0.3) is 27.9 Å². The maximum atomic E-state index is 14.8. The Bertz CT molecular complexity index is 1390. The zero-order chi connectivity index (χ0) is 19.1. The van der Waals surface area contributed by atoms with Crippen molar-refractivity contribution in [1.29, 1.82) is 0 Å². The minimum Gasteiger partial charge on any atom is -0.300 e. The van der Waals surface area contributed by atoms with Gasteiger partial charge in [0, 0.05) is 23.5 Å². The van der Waals surface area contributed by atoms with E-state index < -0.39 is 5.82 Å². The highest BCUT2D eigenvalue weighted by molar-refractivity contribution is 5.72. The van der Waals surface area contributed by atoms with Crippen LogP contribution in [0.15, 0.2) is 78.2 Å². The largest absolute Gasteiger partial charge is 0.300 e. The summed E-state index contributed by atoms with van der Waals surface area (Å²) in [6.45, 7) is 0.0810. The Hall–Kier alpha value is -3.87. The Balaban J connectivity index is 1.52. The minimum absolute atomic E-state index is 0.0810.